The Morgan fingerprint density at radius 1 is 0.700 bits per heavy atom. The van der Waals surface area contributed by atoms with Crippen molar-refractivity contribution in [1.82, 2.24) is 9.80 Å². The number of likely N-dealkylation sites (N-methyl/N-ethyl adjacent to an activating group) is 2. The Morgan fingerprint density at radius 3 is 1.73 bits per heavy atom. The summed E-state index contributed by atoms with van der Waals surface area (Å²) in [5, 5.41) is 8.45. The second-order valence-corrected chi connectivity index (χ2v) is 6.28. The van der Waals surface area contributed by atoms with Crippen LogP contribution in [0.5, 0.6) is 0 Å². The van der Waals surface area contributed by atoms with Crippen LogP contribution >= 0.6 is 0 Å². The van der Waals surface area contributed by atoms with E-state index in [0.717, 1.165) is 0 Å². The lowest BCUT2D eigenvalue weighted by Gasteiger charge is -2.18. The third-order valence-corrected chi connectivity index (χ3v) is 3.81. The number of nitrogens with zero attached hydrogens (tertiary/aromatic N) is 2. The minimum Gasteiger partial charge on any atom is -0.481 e. The molecule has 1 N–H and O–H groups in total. The first-order valence-corrected chi connectivity index (χ1v) is 10.0. The van der Waals surface area contributed by atoms with Gasteiger partial charge in [0.25, 0.3) is 0 Å². The molecular weight excluding hydrogens is 400 g/mol. The molecule has 0 radical (unpaired) electrons. The van der Waals surface area contributed by atoms with Crippen LogP contribution in [0.4, 0.5) is 4.79 Å². The van der Waals surface area contributed by atoms with Crippen LogP contribution in [0, 0.1) is 0 Å². The molecule has 0 rings (SSSR count). The average Bonchev–Trinajstić information content (AvgIpc) is 2.71. The standard InChI is InChI=1S/C19H36N2O9/c1-4-30-19(25)21(3)8-12-26-9-5-17(22)20(2)7-11-28-14-16-29-15-13-27-10-6-18(23)24/h4-16H2,1-3H3,(H,23,24). The third-order valence-electron chi connectivity index (χ3n) is 3.81. The smallest absolute Gasteiger partial charge is 0.409 e. The Morgan fingerprint density at radius 2 is 1.17 bits per heavy atom. The molecule has 11 nitrogen and oxygen atoms in total. The fourth-order valence-electron chi connectivity index (χ4n) is 2.01. The molecule has 0 spiro atoms. The third kappa shape index (κ3) is 17.0. The monoisotopic (exact) mass is 436 g/mol. The summed E-state index contributed by atoms with van der Waals surface area (Å²) < 4.78 is 26.0. The van der Waals surface area contributed by atoms with E-state index >= 15 is 0 Å². The number of ether oxygens (including phenoxy) is 5. The molecule has 0 atom stereocenters. The molecule has 0 aliphatic heterocycles. The fourth-order valence-corrected chi connectivity index (χ4v) is 2.01. The van der Waals surface area contributed by atoms with Gasteiger partial charge in [-0.25, -0.2) is 4.79 Å². The molecule has 176 valence electrons. The van der Waals surface area contributed by atoms with Crippen LogP contribution in [-0.2, 0) is 33.3 Å². The van der Waals surface area contributed by atoms with Gasteiger partial charge in [-0.15, -0.1) is 0 Å². The van der Waals surface area contributed by atoms with Crippen LogP contribution in [-0.4, -0.2) is 120 Å². The first-order valence-electron chi connectivity index (χ1n) is 10.0. The van der Waals surface area contributed by atoms with E-state index < -0.39 is 12.1 Å². The lowest BCUT2D eigenvalue weighted by molar-refractivity contribution is -0.138. The lowest BCUT2D eigenvalue weighted by Crippen LogP contribution is -2.32. The topological polar surface area (TPSA) is 124 Å². The summed E-state index contributed by atoms with van der Waals surface area (Å²) in [4.78, 5) is 36.7. The van der Waals surface area contributed by atoms with E-state index in [1.807, 2.05) is 0 Å². The van der Waals surface area contributed by atoms with Gasteiger partial charge in [-0.2, -0.15) is 0 Å². The molecule has 0 aromatic carbocycles. The summed E-state index contributed by atoms with van der Waals surface area (Å²) in [6, 6.07) is 0. The Bertz CT molecular complexity index is 477. The van der Waals surface area contributed by atoms with Crippen LogP contribution in [0.25, 0.3) is 0 Å². The molecule has 0 aliphatic rings. The number of carboxylic acids is 1. The van der Waals surface area contributed by atoms with Gasteiger partial charge in [0.2, 0.25) is 5.91 Å². The summed E-state index contributed by atoms with van der Waals surface area (Å²) in [6.07, 6.45) is -0.162. The van der Waals surface area contributed by atoms with Crippen molar-refractivity contribution in [3.63, 3.8) is 0 Å². The molecule has 0 bridgehead atoms. The quantitative estimate of drug-likeness (QED) is 0.288. The molecule has 11 heteroatoms. The van der Waals surface area contributed by atoms with E-state index in [1.54, 1.807) is 25.9 Å². The summed E-state index contributed by atoms with van der Waals surface area (Å²) in [5.74, 6) is -0.939. The normalized spacial score (nSPS) is 10.6. The molecular formula is C19H36N2O9. The molecule has 0 unspecified atom stereocenters. The average molecular weight is 437 g/mol. The second-order valence-electron chi connectivity index (χ2n) is 6.28. The largest absolute Gasteiger partial charge is 0.481 e. The maximum absolute atomic E-state index is 12.0. The van der Waals surface area contributed by atoms with E-state index in [1.165, 1.54) is 4.90 Å². The minimum atomic E-state index is -0.890. The molecule has 0 heterocycles. The van der Waals surface area contributed by atoms with E-state index in [-0.39, 0.29) is 32.0 Å². The van der Waals surface area contributed by atoms with Gasteiger partial charge in [0, 0.05) is 27.2 Å². The van der Waals surface area contributed by atoms with Crippen LogP contribution in [0.1, 0.15) is 19.8 Å². The number of carbonyl (C=O) groups is 3. The zero-order valence-electron chi connectivity index (χ0n) is 18.3. The minimum absolute atomic E-state index is 0.0195. The molecule has 0 saturated heterocycles. The number of carboxylic acid groups (broad SMARTS) is 1. The highest BCUT2D eigenvalue weighted by atomic mass is 16.6. The molecule has 0 saturated carbocycles. The Labute approximate surface area is 178 Å². The van der Waals surface area contributed by atoms with Gasteiger partial charge < -0.3 is 38.6 Å². The number of hydrogen-bond acceptors (Lipinski definition) is 8. The second kappa shape index (κ2) is 19.0. The van der Waals surface area contributed by atoms with Crippen molar-refractivity contribution in [3.8, 4) is 0 Å². The number of hydrogen-bond donors (Lipinski definition) is 1. The van der Waals surface area contributed by atoms with E-state index in [4.69, 9.17) is 28.8 Å². The Kier molecular flexibility index (Phi) is 17.8. The van der Waals surface area contributed by atoms with Gasteiger partial charge in [0.15, 0.2) is 0 Å². The maximum atomic E-state index is 12.0. The van der Waals surface area contributed by atoms with Crippen molar-refractivity contribution in [2.75, 3.05) is 86.6 Å². The van der Waals surface area contributed by atoms with Crippen LogP contribution < -0.4 is 0 Å². The molecule has 2 amide bonds. The van der Waals surface area contributed by atoms with Gasteiger partial charge in [0.05, 0.1) is 72.3 Å². The van der Waals surface area contributed by atoms with E-state index in [2.05, 4.69) is 0 Å². The van der Waals surface area contributed by atoms with Gasteiger partial charge in [-0.05, 0) is 6.92 Å². The van der Waals surface area contributed by atoms with E-state index in [0.29, 0.717) is 59.3 Å². The Balaban J connectivity index is 3.49. The van der Waals surface area contributed by atoms with E-state index in [9.17, 15) is 14.4 Å². The van der Waals surface area contributed by atoms with Gasteiger partial charge >= 0.3 is 12.1 Å². The summed E-state index contributed by atoms with van der Waals surface area (Å²) in [7, 11) is 3.33. The maximum Gasteiger partial charge on any atom is 0.409 e. The van der Waals surface area contributed by atoms with Crippen molar-refractivity contribution in [2.24, 2.45) is 0 Å². The predicted molar refractivity (Wildman–Crippen MR) is 107 cm³/mol. The SMILES string of the molecule is CCOC(=O)N(C)CCOCCC(=O)N(C)CCOCCOCCOCCC(=O)O. The number of rotatable bonds is 19. The zero-order chi connectivity index (χ0) is 22.6. The summed E-state index contributed by atoms with van der Waals surface area (Å²) in [5.41, 5.74) is 0. The van der Waals surface area contributed by atoms with Crippen molar-refractivity contribution in [1.29, 1.82) is 0 Å². The number of carbonyl (C=O) groups excluding carboxylic acids is 2. The number of amides is 2. The molecule has 0 aliphatic carbocycles. The van der Waals surface area contributed by atoms with Gasteiger partial charge in [-0.1, -0.05) is 0 Å². The number of aliphatic carboxylic acids is 1. The summed E-state index contributed by atoms with van der Waals surface area (Å²) in [6.45, 7) is 5.61. The fraction of sp³-hybridized carbons (Fsp3) is 0.842. The van der Waals surface area contributed by atoms with Gasteiger partial charge in [-0.3, -0.25) is 9.59 Å². The Hall–Kier alpha value is -1.95. The highest BCUT2D eigenvalue weighted by Gasteiger charge is 2.10. The molecule has 30 heavy (non-hydrogen) atoms. The zero-order valence-corrected chi connectivity index (χ0v) is 18.3. The highest BCUT2D eigenvalue weighted by molar-refractivity contribution is 5.75. The molecule has 0 aromatic heterocycles. The summed E-state index contributed by atoms with van der Waals surface area (Å²) >= 11 is 0. The molecule has 0 aromatic rings. The van der Waals surface area contributed by atoms with Crippen molar-refractivity contribution < 1.29 is 43.2 Å². The first kappa shape index (κ1) is 28.1. The first-order chi connectivity index (χ1) is 14.4. The molecule has 0 fully saturated rings. The van der Waals surface area contributed by atoms with Crippen LogP contribution in [0.2, 0.25) is 0 Å². The highest BCUT2D eigenvalue weighted by Crippen LogP contribution is 1.95. The van der Waals surface area contributed by atoms with Crippen molar-refractivity contribution >= 4 is 18.0 Å². The van der Waals surface area contributed by atoms with Crippen LogP contribution in [0.15, 0.2) is 0 Å². The van der Waals surface area contributed by atoms with Crippen LogP contribution in [0.3, 0.4) is 0 Å². The van der Waals surface area contributed by atoms with Crippen molar-refractivity contribution in [3.05, 3.63) is 0 Å². The predicted octanol–water partition coefficient (Wildman–Crippen LogP) is 0.464. The lowest BCUT2D eigenvalue weighted by atomic mass is 10.4. The van der Waals surface area contributed by atoms with Crippen molar-refractivity contribution in [2.45, 2.75) is 19.8 Å². The van der Waals surface area contributed by atoms with Gasteiger partial charge in [0.1, 0.15) is 0 Å².